The number of benzene rings is 1. The van der Waals surface area contributed by atoms with E-state index in [0.717, 1.165) is 12.2 Å². The van der Waals surface area contributed by atoms with E-state index in [0.29, 0.717) is 0 Å². The summed E-state index contributed by atoms with van der Waals surface area (Å²) in [6.45, 7) is 8.17. The molecule has 1 saturated heterocycles. The third-order valence-corrected chi connectivity index (χ3v) is 5.64. The summed E-state index contributed by atoms with van der Waals surface area (Å²) in [7, 11) is 4.30. The lowest BCUT2D eigenvalue weighted by molar-refractivity contribution is 0.124. The van der Waals surface area contributed by atoms with Gasteiger partial charge in [-0.1, -0.05) is 24.3 Å². The molecular weight excluding hydrogens is 346 g/mol. The highest BCUT2D eigenvalue weighted by molar-refractivity contribution is 5.67. The lowest BCUT2D eigenvalue weighted by atomic mass is 10.0. The molecule has 1 aromatic carbocycles. The molecule has 5 nitrogen and oxygen atoms in total. The lowest BCUT2D eigenvalue weighted by Gasteiger charge is -2.35. The monoisotopic (exact) mass is 377 g/mol. The molecule has 0 aliphatic carbocycles. The summed E-state index contributed by atoms with van der Waals surface area (Å²) in [4.78, 5) is 11.8. The Kier molecular flexibility index (Phi) is 6.05. The molecule has 0 saturated carbocycles. The van der Waals surface area contributed by atoms with Crippen LogP contribution in [0.4, 0.5) is 0 Å². The van der Waals surface area contributed by atoms with E-state index in [1.807, 2.05) is 16.8 Å². The summed E-state index contributed by atoms with van der Waals surface area (Å²) >= 11 is 0. The van der Waals surface area contributed by atoms with Crippen molar-refractivity contribution in [1.29, 1.82) is 0 Å². The van der Waals surface area contributed by atoms with Gasteiger partial charge in [0.15, 0.2) is 0 Å². The van der Waals surface area contributed by atoms with E-state index in [1.54, 1.807) is 0 Å². The Labute approximate surface area is 168 Å². The van der Waals surface area contributed by atoms with Crippen molar-refractivity contribution in [3.05, 3.63) is 60.6 Å². The number of pyridine rings is 1. The van der Waals surface area contributed by atoms with Gasteiger partial charge in [0.1, 0.15) is 5.65 Å². The van der Waals surface area contributed by atoms with Crippen LogP contribution in [0, 0.1) is 0 Å². The predicted molar refractivity (Wildman–Crippen MR) is 116 cm³/mol. The van der Waals surface area contributed by atoms with E-state index < -0.39 is 0 Å². The molecule has 148 valence electrons. The molecule has 4 rings (SSSR count). The zero-order valence-corrected chi connectivity index (χ0v) is 17.1. The van der Waals surface area contributed by atoms with Crippen LogP contribution in [0.3, 0.4) is 0 Å². The minimum atomic E-state index is 0.991. The zero-order valence-electron chi connectivity index (χ0n) is 17.1. The van der Waals surface area contributed by atoms with Gasteiger partial charge in [-0.15, -0.1) is 0 Å². The Morgan fingerprint density at radius 1 is 0.893 bits per heavy atom. The largest absolute Gasteiger partial charge is 0.309 e. The highest BCUT2D eigenvalue weighted by Gasteiger charge is 2.16. The second-order valence-corrected chi connectivity index (χ2v) is 8.08. The van der Waals surface area contributed by atoms with Gasteiger partial charge in [0.2, 0.25) is 0 Å². The van der Waals surface area contributed by atoms with Gasteiger partial charge in [0.05, 0.1) is 0 Å². The van der Waals surface area contributed by atoms with Crippen molar-refractivity contribution in [2.24, 2.45) is 0 Å². The molecular formula is C23H31N5. The standard InChI is InChI=1S/C23H31N5/c1-25(2)10-3-11-26-14-16-27(17-15-26)19-20-4-6-21(7-5-20)22-8-12-28-13-9-24-23(28)18-22/h4-9,12-13,18H,3,10-11,14-17,19H2,1-2H3. The molecule has 1 fully saturated rings. The van der Waals surface area contributed by atoms with Crippen LogP contribution in [0.5, 0.6) is 0 Å². The molecule has 1 aliphatic rings. The smallest absolute Gasteiger partial charge is 0.137 e. The molecule has 5 heteroatoms. The summed E-state index contributed by atoms with van der Waals surface area (Å²) in [5, 5.41) is 0. The molecule has 0 radical (unpaired) electrons. The Morgan fingerprint density at radius 3 is 2.39 bits per heavy atom. The third kappa shape index (κ3) is 4.79. The fourth-order valence-corrected chi connectivity index (χ4v) is 3.93. The van der Waals surface area contributed by atoms with Gasteiger partial charge in [0, 0.05) is 51.3 Å². The van der Waals surface area contributed by atoms with E-state index in [4.69, 9.17) is 0 Å². The molecule has 28 heavy (non-hydrogen) atoms. The number of hydrogen-bond acceptors (Lipinski definition) is 4. The molecule has 2 aromatic heterocycles. The quantitative estimate of drug-likeness (QED) is 0.632. The maximum absolute atomic E-state index is 4.38. The van der Waals surface area contributed by atoms with Crippen LogP contribution >= 0.6 is 0 Å². The van der Waals surface area contributed by atoms with Gasteiger partial charge in [-0.2, -0.15) is 0 Å². The number of nitrogens with zero attached hydrogens (tertiary/aromatic N) is 5. The Morgan fingerprint density at radius 2 is 1.64 bits per heavy atom. The topological polar surface area (TPSA) is 27.0 Å². The normalized spacial score (nSPS) is 16.2. The number of rotatable bonds is 7. The molecule has 3 aromatic rings. The van der Waals surface area contributed by atoms with Gasteiger partial charge in [-0.25, -0.2) is 4.98 Å². The van der Waals surface area contributed by atoms with Crippen LogP contribution in [-0.4, -0.2) is 77.4 Å². The van der Waals surface area contributed by atoms with Crippen molar-refractivity contribution in [3.8, 4) is 11.1 Å². The first kappa shape index (κ1) is 19.1. The van der Waals surface area contributed by atoms with Crippen molar-refractivity contribution in [1.82, 2.24) is 24.1 Å². The fourth-order valence-electron chi connectivity index (χ4n) is 3.93. The first-order valence-electron chi connectivity index (χ1n) is 10.3. The molecule has 0 N–H and O–H groups in total. The average molecular weight is 378 g/mol. The lowest BCUT2D eigenvalue weighted by Crippen LogP contribution is -2.46. The Hall–Kier alpha value is -2.21. The number of aromatic nitrogens is 2. The van der Waals surface area contributed by atoms with Gasteiger partial charge < -0.3 is 14.2 Å². The number of hydrogen-bond donors (Lipinski definition) is 0. The summed E-state index contributed by atoms with van der Waals surface area (Å²) in [5.74, 6) is 0. The van der Waals surface area contributed by atoms with Crippen LogP contribution in [0.15, 0.2) is 55.0 Å². The number of imidazole rings is 1. The van der Waals surface area contributed by atoms with Crippen molar-refractivity contribution < 1.29 is 0 Å². The second kappa shape index (κ2) is 8.86. The van der Waals surface area contributed by atoms with Crippen LogP contribution < -0.4 is 0 Å². The minimum absolute atomic E-state index is 0.991. The number of piperazine rings is 1. The zero-order chi connectivity index (χ0) is 19.3. The first-order chi connectivity index (χ1) is 13.7. The Bertz CT molecular complexity index is 875. The van der Waals surface area contributed by atoms with E-state index in [2.05, 4.69) is 76.4 Å². The van der Waals surface area contributed by atoms with Crippen LogP contribution in [0.2, 0.25) is 0 Å². The molecule has 0 atom stereocenters. The molecule has 0 unspecified atom stereocenters. The predicted octanol–water partition coefficient (Wildman–Crippen LogP) is 3.07. The summed E-state index contributed by atoms with van der Waals surface area (Å²) in [5.41, 5.74) is 4.85. The van der Waals surface area contributed by atoms with Gasteiger partial charge in [0.25, 0.3) is 0 Å². The molecule has 1 aliphatic heterocycles. The van der Waals surface area contributed by atoms with E-state index in [9.17, 15) is 0 Å². The van der Waals surface area contributed by atoms with Gasteiger partial charge >= 0.3 is 0 Å². The van der Waals surface area contributed by atoms with E-state index in [-0.39, 0.29) is 0 Å². The highest BCUT2D eigenvalue weighted by atomic mass is 15.3. The fraction of sp³-hybridized carbons (Fsp3) is 0.435. The van der Waals surface area contributed by atoms with Crippen molar-refractivity contribution in [2.75, 3.05) is 53.4 Å². The molecule has 0 bridgehead atoms. The van der Waals surface area contributed by atoms with Crippen molar-refractivity contribution >= 4 is 5.65 Å². The maximum atomic E-state index is 4.38. The summed E-state index contributed by atoms with van der Waals surface area (Å²) in [6.07, 6.45) is 7.15. The second-order valence-electron chi connectivity index (χ2n) is 8.08. The molecule has 3 heterocycles. The third-order valence-electron chi connectivity index (χ3n) is 5.64. The average Bonchev–Trinajstić information content (AvgIpc) is 3.17. The SMILES string of the molecule is CN(C)CCCN1CCN(Cc2ccc(-c3ccn4ccnc4c3)cc2)CC1. The minimum Gasteiger partial charge on any atom is -0.309 e. The summed E-state index contributed by atoms with van der Waals surface area (Å²) in [6, 6.07) is 13.3. The molecule has 0 amide bonds. The van der Waals surface area contributed by atoms with Crippen molar-refractivity contribution in [2.45, 2.75) is 13.0 Å². The summed E-state index contributed by atoms with van der Waals surface area (Å²) < 4.78 is 2.04. The maximum Gasteiger partial charge on any atom is 0.137 e. The Balaban J connectivity index is 1.29. The van der Waals surface area contributed by atoms with E-state index in [1.165, 1.54) is 62.4 Å². The van der Waals surface area contributed by atoms with Crippen LogP contribution in [0.25, 0.3) is 16.8 Å². The number of fused-ring (bicyclic) bond motifs is 1. The van der Waals surface area contributed by atoms with Crippen LogP contribution in [-0.2, 0) is 6.54 Å². The van der Waals surface area contributed by atoms with Gasteiger partial charge in [-0.3, -0.25) is 4.90 Å². The van der Waals surface area contributed by atoms with E-state index >= 15 is 0 Å². The highest BCUT2D eigenvalue weighted by Crippen LogP contribution is 2.21. The van der Waals surface area contributed by atoms with Crippen LogP contribution in [0.1, 0.15) is 12.0 Å². The van der Waals surface area contributed by atoms with Gasteiger partial charge in [-0.05, 0) is 62.4 Å². The van der Waals surface area contributed by atoms with Crippen molar-refractivity contribution in [3.63, 3.8) is 0 Å². The molecule has 0 spiro atoms. The first-order valence-corrected chi connectivity index (χ1v) is 10.3.